The van der Waals surface area contributed by atoms with Gasteiger partial charge in [0.25, 0.3) is 0 Å². The minimum atomic E-state index is -5.01. The van der Waals surface area contributed by atoms with E-state index in [1.807, 2.05) is 0 Å². The van der Waals surface area contributed by atoms with Crippen molar-refractivity contribution in [3.05, 3.63) is 17.3 Å². The van der Waals surface area contributed by atoms with Gasteiger partial charge in [0.15, 0.2) is 6.29 Å². The highest BCUT2D eigenvalue weighted by Crippen LogP contribution is 2.29. The molecule has 0 fully saturated rings. The number of ether oxygens (including phenoxy) is 2. The number of pyridine rings is 1. The van der Waals surface area contributed by atoms with Crippen LogP contribution in [0.5, 0.6) is 11.6 Å². The van der Waals surface area contributed by atoms with Crippen LogP contribution in [0.1, 0.15) is 16.1 Å². The van der Waals surface area contributed by atoms with Gasteiger partial charge < -0.3 is 9.47 Å². The number of halogens is 4. The minimum absolute atomic E-state index is 0.123. The summed E-state index contributed by atoms with van der Waals surface area (Å²) in [6.07, 6.45) is -4.82. The standard InChI is InChI=1S/C9H7F4NO3/c1-16-7-2-5(3-10)8(14-6(7)4-15)17-9(11,12)13/h2,4H,3H2,1H3. The normalized spacial score (nSPS) is 11.1. The Labute approximate surface area is 93.2 Å². The molecule has 0 saturated heterocycles. The van der Waals surface area contributed by atoms with Gasteiger partial charge in [-0.2, -0.15) is 0 Å². The number of carbonyl (C=O) groups is 1. The maximum atomic E-state index is 12.5. The molecule has 0 aliphatic rings. The molecule has 0 amide bonds. The first-order chi connectivity index (χ1) is 7.91. The number of aromatic nitrogens is 1. The molecule has 0 aliphatic carbocycles. The Bertz CT molecular complexity index is 419. The topological polar surface area (TPSA) is 48.4 Å². The zero-order valence-corrected chi connectivity index (χ0v) is 8.55. The van der Waals surface area contributed by atoms with Crippen molar-refractivity contribution in [1.29, 1.82) is 0 Å². The van der Waals surface area contributed by atoms with Gasteiger partial charge in [-0.3, -0.25) is 4.79 Å². The van der Waals surface area contributed by atoms with Crippen molar-refractivity contribution in [1.82, 2.24) is 4.98 Å². The summed E-state index contributed by atoms with van der Waals surface area (Å²) in [4.78, 5) is 13.8. The van der Waals surface area contributed by atoms with Gasteiger partial charge >= 0.3 is 6.36 Å². The highest BCUT2D eigenvalue weighted by molar-refractivity contribution is 5.77. The minimum Gasteiger partial charge on any atom is -0.494 e. The number of carbonyl (C=O) groups excluding carboxylic acids is 1. The molecule has 0 radical (unpaired) electrons. The monoisotopic (exact) mass is 253 g/mol. The third-order valence-electron chi connectivity index (χ3n) is 1.74. The highest BCUT2D eigenvalue weighted by Gasteiger charge is 2.33. The third kappa shape index (κ3) is 3.30. The van der Waals surface area contributed by atoms with Crippen LogP contribution in [0.4, 0.5) is 17.6 Å². The van der Waals surface area contributed by atoms with E-state index in [0.717, 1.165) is 6.07 Å². The van der Waals surface area contributed by atoms with Gasteiger partial charge in [0.1, 0.15) is 18.1 Å². The van der Waals surface area contributed by atoms with E-state index in [0.29, 0.717) is 0 Å². The second-order valence-electron chi connectivity index (χ2n) is 2.84. The molecule has 0 spiro atoms. The van der Waals surface area contributed by atoms with Crippen molar-refractivity contribution >= 4 is 6.29 Å². The second-order valence-corrected chi connectivity index (χ2v) is 2.84. The summed E-state index contributed by atoms with van der Waals surface area (Å²) < 4.78 is 56.6. The molecule has 4 nitrogen and oxygen atoms in total. The average molecular weight is 253 g/mol. The molecule has 0 bridgehead atoms. The van der Waals surface area contributed by atoms with E-state index in [4.69, 9.17) is 0 Å². The summed E-state index contributed by atoms with van der Waals surface area (Å²) >= 11 is 0. The molecule has 0 saturated carbocycles. The fourth-order valence-corrected chi connectivity index (χ4v) is 1.07. The van der Waals surface area contributed by atoms with Gasteiger partial charge in [0.2, 0.25) is 5.88 Å². The van der Waals surface area contributed by atoms with E-state index < -0.39 is 30.2 Å². The van der Waals surface area contributed by atoms with Crippen LogP contribution < -0.4 is 9.47 Å². The van der Waals surface area contributed by atoms with E-state index >= 15 is 0 Å². The molecular formula is C9H7F4NO3. The van der Waals surface area contributed by atoms with Gasteiger partial charge in [-0.25, -0.2) is 9.37 Å². The first kappa shape index (κ1) is 13.2. The Morgan fingerprint density at radius 2 is 2.12 bits per heavy atom. The maximum Gasteiger partial charge on any atom is 0.574 e. The zero-order chi connectivity index (χ0) is 13.1. The maximum absolute atomic E-state index is 12.5. The quantitative estimate of drug-likeness (QED) is 0.610. The lowest BCUT2D eigenvalue weighted by atomic mass is 10.2. The van der Waals surface area contributed by atoms with Crippen molar-refractivity contribution in [2.24, 2.45) is 0 Å². The van der Waals surface area contributed by atoms with Gasteiger partial charge in [0.05, 0.1) is 7.11 Å². The van der Waals surface area contributed by atoms with Crippen molar-refractivity contribution in [2.75, 3.05) is 7.11 Å². The predicted octanol–water partition coefficient (Wildman–Crippen LogP) is 2.27. The van der Waals surface area contributed by atoms with E-state index in [-0.39, 0.29) is 12.0 Å². The Balaban J connectivity index is 3.24. The lowest BCUT2D eigenvalue weighted by molar-refractivity contribution is -0.276. The summed E-state index contributed by atoms with van der Waals surface area (Å²) in [5.41, 5.74) is -0.853. The van der Waals surface area contributed by atoms with Crippen LogP contribution in [0.3, 0.4) is 0 Å². The fraction of sp³-hybridized carbons (Fsp3) is 0.333. The molecular weight excluding hydrogens is 246 g/mol. The zero-order valence-electron chi connectivity index (χ0n) is 8.55. The number of aldehydes is 1. The van der Waals surface area contributed by atoms with Crippen molar-refractivity contribution in [3.8, 4) is 11.6 Å². The third-order valence-corrected chi connectivity index (χ3v) is 1.74. The Morgan fingerprint density at radius 3 is 2.53 bits per heavy atom. The molecule has 0 aliphatic heterocycles. The Morgan fingerprint density at radius 1 is 1.47 bits per heavy atom. The lowest BCUT2D eigenvalue weighted by Crippen LogP contribution is -2.19. The molecule has 1 aromatic heterocycles. The first-order valence-electron chi connectivity index (χ1n) is 4.26. The van der Waals surface area contributed by atoms with Gasteiger partial charge in [-0.15, -0.1) is 13.2 Å². The van der Waals surface area contributed by atoms with Crippen LogP contribution in [-0.4, -0.2) is 24.7 Å². The number of alkyl halides is 4. The molecule has 8 heteroatoms. The van der Waals surface area contributed by atoms with Crippen molar-refractivity contribution < 1.29 is 31.8 Å². The van der Waals surface area contributed by atoms with Crippen LogP contribution in [0.15, 0.2) is 6.07 Å². The molecule has 0 atom stereocenters. The molecule has 1 rings (SSSR count). The SMILES string of the molecule is COc1cc(CF)c(OC(F)(F)F)nc1C=O. The van der Waals surface area contributed by atoms with Crippen LogP contribution in [0.2, 0.25) is 0 Å². The first-order valence-corrected chi connectivity index (χ1v) is 4.26. The van der Waals surface area contributed by atoms with Gasteiger partial charge in [-0.05, 0) is 6.07 Å². The Kier molecular flexibility index (Phi) is 3.87. The van der Waals surface area contributed by atoms with Crippen molar-refractivity contribution in [3.63, 3.8) is 0 Å². The molecule has 1 heterocycles. The summed E-state index contributed by atoms with van der Waals surface area (Å²) in [5.74, 6) is -1.12. The number of hydrogen-bond acceptors (Lipinski definition) is 4. The number of methoxy groups -OCH3 is 1. The Hall–Kier alpha value is -1.86. The molecule has 0 aromatic carbocycles. The molecule has 17 heavy (non-hydrogen) atoms. The molecule has 0 N–H and O–H groups in total. The molecule has 0 unspecified atom stereocenters. The largest absolute Gasteiger partial charge is 0.574 e. The van der Waals surface area contributed by atoms with Crippen molar-refractivity contribution in [2.45, 2.75) is 13.0 Å². The van der Waals surface area contributed by atoms with E-state index in [2.05, 4.69) is 14.5 Å². The van der Waals surface area contributed by atoms with Gasteiger partial charge in [-0.1, -0.05) is 0 Å². The van der Waals surface area contributed by atoms with Crippen LogP contribution in [0, 0.1) is 0 Å². The summed E-state index contributed by atoms with van der Waals surface area (Å²) in [6, 6.07) is 0.928. The lowest BCUT2D eigenvalue weighted by Gasteiger charge is -2.12. The van der Waals surface area contributed by atoms with E-state index in [1.54, 1.807) is 0 Å². The summed E-state index contributed by atoms with van der Waals surface area (Å²) in [5, 5.41) is 0. The predicted molar refractivity (Wildman–Crippen MR) is 47.7 cm³/mol. The van der Waals surface area contributed by atoms with Crippen LogP contribution in [-0.2, 0) is 6.67 Å². The summed E-state index contributed by atoms with van der Waals surface area (Å²) in [7, 11) is 1.18. The summed E-state index contributed by atoms with van der Waals surface area (Å²) in [6.45, 7) is -1.23. The number of rotatable bonds is 4. The number of hydrogen-bond donors (Lipinski definition) is 0. The van der Waals surface area contributed by atoms with Gasteiger partial charge in [0, 0.05) is 5.56 Å². The highest BCUT2D eigenvalue weighted by atomic mass is 19.4. The van der Waals surface area contributed by atoms with E-state index in [1.165, 1.54) is 7.11 Å². The average Bonchev–Trinajstić information content (AvgIpc) is 2.26. The van der Waals surface area contributed by atoms with Crippen LogP contribution in [0.25, 0.3) is 0 Å². The fourth-order valence-electron chi connectivity index (χ4n) is 1.07. The van der Waals surface area contributed by atoms with Crippen LogP contribution >= 0.6 is 0 Å². The second kappa shape index (κ2) is 4.98. The van der Waals surface area contributed by atoms with E-state index in [9.17, 15) is 22.4 Å². The number of nitrogens with zero attached hydrogens (tertiary/aromatic N) is 1. The molecule has 1 aromatic rings. The smallest absolute Gasteiger partial charge is 0.494 e. The molecule has 94 valence electrons.